The Morgan fingerprint density at radius 1 is 1.31 bits per heavy atom. The summed E-state index contributed by atoms with van der Waals surface area (Å²) >= 11 is 0. The second kappa shape index (κ2) is 22.5. The third-order valence-electron chi connectivity index (χ3n) is 1.21. The highest BCUT2D eigenvalue weighted by Gasteiger charge is 1.84. The Labute approximate surface area is 84.8 Å². The third kappa shape index (κ3) is 55.3. The monoisotopic (exact) mass is 180 g/mol. The maximum absolute atomic E-state index is 4.00. The lowest BCUT2D eigenvalue weighted by atomic mass is 10.1. The van der Waals surface area contributed by atoms with E-state index in [0.29, 0.717) is 0 Å². The lowest BCUT2D eigenvalue weighted by Crippen LogP contribution is -1.74. The zero-order valence-electron chi connectivity index (χ0n) is 9.47. The van der Waals surface area contributed by atoms with Crippen LogP contribution in [0.4, 0.5) is 0 Å². The van der Waals surface area contributed by atoms with Gasteiger partial charge in [0.2, 0.25) is 0 Å². The molecule has 0 aromatic heterocycles. The predicted molar refractivity (Wildman–Crippen MR) is 64.7 cm³/mol. The molecule has 0 radical (unpaired) electrons. The van der Waals surface area contributed by atoms with E-state index in [0.717, 1.165) is 0 Å². The smallest absolute Gasteiger partial charge is 0.0326 e. The van der Waals surface area contributed by atoms with E-state index in [-0.39, 0.29) is 0 Å². The van der Waals surface area contributed by atoms with E-state index >= 15 is 0 Å². The number of hydrogen-bond acceptors (Lipinski definition) is 0. The molecule has 0 spiro atoms. The van der Waals surface area contributed by atoms with Crippen LogP contribution in [0.15, 0.2) is 24.8 Å². The van der Waals surface area contributed by atoms with Crippen LogP contribution in [0.2, 0.25) is 0 Å². The van der Waals surface area contributed by atoms with Crippen LogP contribution < -0.4 is 0 Å². The minimum Gasteiger partial charge on any atom is -0.124 e. The molecule has 0 aromatic rings. The van der Waals surface area contributed by atoms with Gasteiger partial charge in [-0.1, -0.05) is 31.4 Å². The van der Waals surface area contributed by atoms with E-state index in [1.807, 2.05) is 6.92 Å². The first-order valence-corrected chi connectivity index (χ1v) is 4.73. The van der Waals surface area contributed by atoms with Crippen LogP contribution in [0.25, 0.3) is 0 Å². The van der Waals surface area contributed by atoms with E-state index in [1.54, 1.807) is 6.08 Å². The van der Waals surface area contributed by atoms with Crippen LogP contribution in [0, 0.1) is 12.8 Å². The van der Waals surface area contributed by atoms with Crippen molar-refractivity contribution in [2.75, 3.05) is 0 Å². The van der Waals surface area contributed by atoms with Crippen LogP contribution >= 0.6 is 0 Å². The molecule has 0 aliphatic heterocycles. The molecule has 0 saturated heterocycles. The Balaban J connectivity index is -0.000000169. The highest BCUT2D eigenvalue weighted by atomic mass is 13.9. The van der Waals surface area contributed by atoms with Crippen molar-refractivity contribution >= 4 is 0 Å². The van der Waals surface area contributed by atoms with Gasteiger partial charge < -0.3 is 0 Å². The maximum Gasteiger partial charge on any atom is -0.0326 e. The summed E-state index contributed by atoms with van der Waals surface area (Å²) in [6.45, 7) is 13.4. The van der Waals surface area contributed by atoms with Gasteiger partial charge in [-0.05, 0) is 26.7 Å². The van der Waals surface area contributed by atoms with Gasteiger partial charge in [-0.25, -0.2) is 0 Å². The van der Waals surface area contributed by atoms with Crippen molar-refractivity contribution in [2.24, 2.45) is 0 Å². The SMILES string of the molecule is C#C.C=C(C)CCCCC.C=CC. The lowest BCUT2D eigenvalue weighted by molar-refractivity contribution is 0.714. The van der Waals surface area contributed by atoms with Gasteiger partial charge in [-0.2, -0.15) is 0 Å². The Hall–Kier alpha value is -0.960. The van der Waals surface area contributed by atoms with Gasteiger partial charge >= 0.3 is 0 Å². The molecule has 13 heavy (non-hydrogen) atoms. The standard InChI is InChI=1S/C8H16.C3H6.C2H2/c1-4-5-6-7-8(2)3;1-3-2;1-2/h2,4-7H2,1,3H3;3H,1H2,2H3;1-2H. The van der Waals surface area contributed by atoms with Crippen molar-refractivity contribution < 1.29 is 0 Å². The summed E-state index contributed by atoms with van der Waals surface area (Å²) in [5.41, 5.74) is 1.32. The molecular formula is C13H24. The van der Waals surface area contributed by atoms with Gasteiger partial charge in [0.1, 0.15) is 0 Å². The fraction of sp³-hybridized carbons (Fsp3) is 0.538. The molecule has 0 heteroatoms. The Bertz CT molecular complexity index is 117. The Morgan fingerprint density at radius 2 is 1.69 bits per heavy atom. The van der Waals surface area contributed by atoms with Crippen LogP contribution in [-0.4, -0.2) is 0 Å². The largest absolute Gasteiger partial charge is 0.124 e. The molecule has 0 fully saturated rings. The molecule has 0 heterocycles. The molecule has 0 bridgehead atoms. The van der Waals surface area contributed by atoms with E-state index in [4.69, 9.17) is 0 Å². The molecule has 76 valence electrons. The van der Waals surface area contributed by atoms with E-state index in [1.165, 1.54) is 31.3 Å². The highest BCUT2D eigenvalue weighted by Crippen LogP contribution is 2.04. The van der Waals surface area contributed by atoms with Crippen molar-refractivity contribution in [1.82, 2.24) is 0 Å². The topological polar surface area (TPSA) is 0 Å². The minimum absolute atomic E-state index is 1.22. The number of terminal acetylenes is 1. The normalized spacial score (nSPS) is 6.85. The van der Waals surface area contributed by atoms with Crippen molar-refractivity contribution in [3.05, 3.63) is 24.8 Å². The second-order valence-electron chi connectivity index (χ2n) is 2.82. The number of rotatable bonds is 4. The molecule has 0 atom stereocenters. The maximum atomic E-state index is 4.00. The fourth-order valence-electron chi connectivity index (χ4n) is 0.677. The lowest BCUT2D eigenvalue weighted by Gasteiger charge is -1.94. The summed E-state index contributed by atoms with van der Waals surface area (Å²) in [4.78, 5) is 0. The predicted octanol–water partition coefficient (Wildman–Crippen LogP) is 4.58. The first-order valence-electron chi connectivity index (χ1n) is 4.73. The molecule has 0 aliphatic rings. The van der Waals surface area contributed by atoms with Crippen LogP contribution in [-0.2, 0) is 0 Å². The van der Waals surface area contributed by atoms with Gasteiger partial charge in [-0.15, -0.1) is 26.0 Å². The first kappa shape index (κ1) is 18.0. The molecule has 0 unspecified atom stereocenters. The first-order chi connectivity index (χ1) is 6.18. The average molecular weight is 180 g/mol. The summed E-state index contributed by atoms with van der Waals surface area (Å²) < 4.78 is 0. The van der Waals surface area contributed by atoms with Gasteiger partial charge in [0.25, 0.3) is 0 Å². The zero-order valence-corrected chi connectivity index (χ0v) is 9.47. The van der Waals surface area contributed by atoms with E-state index in [2.05, 4.69) is 39.9 Å². The van der Waals surface area contributed by atoms with Crippen molar-refractivity contribution in [1.29, 1.82) is 0 Å². The van der Waals surface area contributed by atoms with Crippen LogP contribution in [0.3, 0.4) is 0 Å². The molecular weight excluding hydrogens is 156 g/mol. The van der Waals surface area contributed by atoms with Crippen molar-refractivity contribution in [3.8, 4) is 12.8 Å². The van der Waals surface area contributed by atoms with E-state index in [9.17, 15) is 0 Å². The summed E-state index contributed by atoms with van der Waals surface area (Å²) in [5, 5.41) is 0. The third-order valence-corrected chi connectivity index (χ3v) is 1.21. The summed E-state index contributed by atoms with van der Waals surface area (Å²) in [5.74, 6) is 0. The molecule has 0 amide bonds. The molecule has 0 N–H and O–H groups in total. The van der Waals surface area contributed by atoms with Crippen LogP contribution in [0.5, 0.6) is 0 Å². The van der Waals surface area contributed by atoms with Gasteiger partial charge in [0.05, 0.1) is 0 Å². The van der Waals surface area contributed by atoms with E-state index < -0.39 is 0 Å². The molecule has 0 saturated carbocycles. The van der Waals surface area contributed by atoms with Crippen molar-refractivity contribution in [2.45, 2.75) is 46.5 Å². The Kier molecular flexibility index (Phi) is 31.0. The van der Waals surface area contributed by atoms with Gasteiger partial charge in [0, 0.05) is 0 Å². The average Bonchev–Trinajstić information content (AvgIpc) is 2.09. The number of hydrogen-bond donors (Lipinski definition) is 0. The van der Waals surface area contributed by atoms with Crippen LogP contribution in [0.1, 0.15) is 46.5 Å². The Morgan fingerprint density at radius 3 is 1.92 bits per heavy atom. The summed E-state index contributed by atoms with van der Waals surface area (Å²) in [6.07, 6.45) is 15.0. The second-order valence-corrected chi connectivity index (χ2v) is 2.82. The molecule has 0 rings (SSSR count). The number of unbranched alkanes of at least 4 members (excludes halogenated alkanes) is 2. The zero-order chi connectivity index (χ0) is 11.1. The molecule has 0 aromatic carbocycles. The quantitative estimate of drug-likeness (QED) is 0.337. The minimum atomic E-state index is 1.22. The molecule has 0 nitrogen and oxygen atoms in total. The number of allylic oxidation sites excluding steroid dienone is 2. The highest BCUT2D eigenvalue weighted by molar-refractivity contribution is 4.86. The van der Waals surface area contributed by atoms with Gasteiger partial charge in [0.15, 0.2) is 0 Å². The van der Waals surface area contributed by atoms with Gasteiger partial charge in [-0.3, -0.25) is 0 Å². The van der Waals surface area contributed by atoms with Crippen molar-refractivity contribution in [3.63, 3.8) is 0 Å². The summed E-state index contributed by atoms with van der Waals surface area (Å²) in [7, 11) is 0. The fourth-order valence-corrected chi connectivity index (χ4v) is 0.677. The molecule has 0 aliphatic carbocycles. The summed E-state index contributed by atoms with van der Waals surface area (Å²) in [6, 6.07) is 0.